The van der Waals surface area contributed by atoms with Crippen molar-refractivity contribution in [3.05, 3.63) is 29.3 Å². The Kier molecular flexibility index (Phi) is 6.25. The van der Waals surface area contributed by atoms with E-state index in [1.165, 1.54) is 5.56 Å². The maximum absolute atomic E-state index is 9.33. The molecular formula is C15H24N2OS. The van der Waals surface area contributed by atoms with Crippen molar-refractivity contribution in [1.29, 1.82) is 0 Å². The number of nitrogens with zero attached hydrogens (tertiary/aromatic N) is 1. The largest absolute Gasteiger partial charge is 0.395 e. The summed E-state index contributed by atoms with van der Waals surface area (Å²) in [5.74, 6) is 0. The van der Waals surface area contributed by atoms with Crippen molar-refractivity contribution < 1.29 is 5.11 Å². The van der Waals surface area contributed by atoms with Gasteiger partial charge in [-0.1, -0.05) is 32.1 Å². The van der Waals surface area contributed by atoms with Crippen LogP contribution in [-0.2, 0) is 0 Å². The van der Waals surface area contributed by atoms with Crippen LogP contribution < -0.4 is 10.6 Å². The standard InChI is InChI=1S/C15H24N2OS/c1-4-12(5-2)17(8-9-18)14-10-11(3)6-7-13(14)15(16)19/h6-7,10,12,18H,4-5,8-9H2,1-3H3,(H2,16,19). The molecular weight excluding hydrogens is 256 g/mol. The summed E-state index contributed by atoms with van der Waals surface area (Å²) < 4.78 is 0. The van der Waals surface area contributed by atoms with E-state index in [1.54, 1.807) is 0 Å². The predicted octanol–water partition coefficient (Wildman–Crippen LogP) is 2.62. The molecule has 1 aromatic carbocycles. The Balaban J connectivity index is 3.27. The molecule has 106 valence electrons. The Bertz CT molecular complexity index is 430. The minimum absolute atomic E-state index is 0.126. The number of anilines is 1. The predicted molar refractivity (Wildman–Crippen MR) is 85.9 cm³/mol. The zero-order chi connectivity index (χ0) is 14.4. The van der Waals surface area contributed by atoms with Crippen LogP contribution in [0.3, 0.4) is 0 Å². The van der Waals surface area contributed by atoms with Gasteiger partial charge in [-0.3, -0.25) is 0 Å². The maximum Gasteiger partial charge on any atom is 0.106 e. The quantitative estimate of drug-likeness (QED) is 0.754. The van der Waals surface area contributed by atoms with E-state index < -0.39 is 0 Å². The first kappa shape index (κ1) is 15.9. The number of aryl methyl sites for hydroxylation is 1. The molecule has 1 aromatic rings. The molecule has 0 saturated carbocycles. The van der Waals surface area contributed by atoms with Crippen LogP contribution >= 0.6 is 12.2 Å². The monoisotopic (exact) mass is 280 g/mol. The van der Waals surface area contributed by atoms with Crippen LogP contribution in [0.15, 0.2) is 18.2 Å². The Morgan fingerprint density at radius 1 is 1.37 bits per heavy atom. The third kappa shape index (κ3) is 3.91. The third-order valence-corrected chi connectivity index (χ3v) is 3.67. The van der Waals surface area contributed by atoms with Crippen molar-refractivity contribution in [1.82, 2.24) is 0 Å². The van der Waals surface area contributed by atoms with E-state index in [2.05, 4.69) is 31.7 Å². The highest BCUT2D eigenvalue weighted by Crippen LogP contribution is 2.26. The second kappa shape index (κ2) is 7.46. The molecule has 0 aromatic heterocycles. The van der Waals surface area contributed by atoms with Gasteiger partial charge in [-0.25, -0.2) is 0 Å². The SMILES string of the molecule is CCC(CC)N(CCO)c1cc(C)ccc1C(N)=S. The van der Waals surface area contributed by atoms with Crippen LogP contribution in [0.1, 0.15) is 37.8 Å². The first-order valence-corrected chi connectivity index (χ1v) is 7.23. The average molecular weight is 280 g/mol. The van der Waals surface area contributed by atoms with Crippen LogP contribution in [0.5, 0.6) is 0 Å². The number of hydrogen-bond donors (Lipinski definition) is 2. The molecule has 0 aliphatic rings. The zero-order valence-electron chi connectivity index (χ0n) is 12.0. The van der Waals surface area contributed by atoms with Crippen LogP contribution in [0.25, 0.3) is 0 Å². The number of aliphatic hydroxyl groups excluding tert-OH is 1. The highest BCUT2D eigenvalue weighted by atomic mass is 32.1. The highest BCUT2D eigenvalue weighted by molar-refractivity contribution is 7.80. The maximum atomic E-state index is 9.33. The molecule has 0 atom stereocenters. The van der Waals surface area contributed by atoms with E-state index in [4.69, 9.17) is 18.0 Å². The first-order valence-electron chi connectivity index (χ1n) is 6.83. The van der Waals surface area contributed by atoms with Gasteiger partial charge < -0.3 is 15.7 Å². The molecule has 0 radical (unpaired) electrons. The number of nitrogens with two attached hydrogens (primary N) is 1. The smallest absolute Gasteiger partial charge is 0.106 e. The second-order valence-corrected chi connectivity index (χ2v) is 5.21. The minimum Gasteiger partial charge on any atom is -0.395 e. The summed E-state index contributed by atoms with van der Waals surface area (Å²) in [6, 6.07) is 6.48. The lowest BCUT2D eigenvalue weighted by Crippen LogP contribution is -2.38. The highest BCUT2D eigenvalue weighted by Gasteiger charge is 2.19. The summed E-state index contributed by atoms with van der Waals surface area (Å²) in [4.78, 5) is 2.63. The average Bonchev–Trinajstić information content (AvgIpc) is 2.38. The molecule has 0 fully saturated rings. The van der Waals surface area contributed by atoms with Gasteiger partial charge >= 0.3 is 0 Å². The number of thiocarbonyl (C=S) groups is 1. The van der Waals surface area contributed by atoms with E-state index in [-0.39, 0.29) is 6.61 Å². The van der Waals surface area contributed by atoms with Gasteiger partial charge in [0, 0.05) is 23.8 Å². The van der Waals surface area contributed by atoms with Crippen LogP contribution in [0, 0.1) is 6.92 Å². The third-order valence-electron chi connectivity index (χ3n) is 3.45. The van der Waals surface area contributed by atoms with Gasteiger partial charge in [0.25, 0.3) is 0 Å². The van der Waals surface area contributed by atoms with Gasteiger partial charge in [-0.2, -0.15) is 0 Å². The molecule has 0 aliphatic heterocycles. The summed E-state index contributed by atoms with van der Waals surface area (Å²) in [6.07, 6.45) is 2.06. The molecule has 0 aliphatic carbocycles. The lowest BCUT2D eigenvalue weighted by Gasteiger charge is -2.34. The number of hydrogen-bond acceptors (Lipinski definition) is 3. The lowest BCUT2D eigenvalue weighted by molar-refractivity contribution is 0.296. The van der Waals surface area contributed by atoms with E-state index in [9.17, 15) is 5.11 Å². The fourth-order valence-electron chi connectivity index (χ4n) is 2.42. The van der Waals surface area contributed by atoms with E-state index >= 15 is 0 Å². The topological polar surface area (TPSA) is 49.5 Å². The molecule has 0 saturated heterocycles. The van der Waals surface area contributed by atoms with E-state index in [0.717, 1.165) is 24.1 Å². The molecule has 0 amide bonds. The Morgan fingerprint density at radius 3 is 2.47 bits per heavy atom. The van der Waals surface area contributed by atoms with Gasteiger partial charge in [-0.05, 0) is 37.5 Å². The van der Waals surface area contributed by atoms with Crippen LogP contribution in [0.2, 0.25) is 0 Å². The molecule has 4 heteroatoms. The molecule has 3 nitrogen and oxygen atoms in total. The van der Waals surface area contributed by atoms with Crippen LogP contribution in [-0.4, -0.2) is 29.3 Å². The lowest BCUT2D eigenvalue weighted by atomic mass is 10.0. The summed E-state index contributed by atoms with van der Waals surface area (Å²) >= 11 is 5.14. The normalized spacial score (nSPS) is 10.8. The van der Waals surface area contributed by atoms with E-state index in [1.807, 2.05) is 12.1 Å². The molecule has 0 unspecified atom stereocenters. The summed E-state index contributed by atoms with van der Waals surface area (Å²) in [7, 11) is 0. The number of rotatable bonds is 7. The fraction of sp³-hybridized carbons (Fsp3) is 0.533. The molecule has 0 heterocycles. The van der Waals surface area contributed by atoms with Gasteiger partial charge in [0.2, 0.25) is 0 Å². The molecule has 0 bridgehead atoms. The van der Waals surface area contributed by atoms with Crippen molar-refractivity contribution in [2.75, 3.05) is 18.1 Å². The van der Waals surface area contributed by atoms with Crippen molar-refractivity contribution in [3.8, 4) is 0 Å². The van der Waals surface area contributed by atoms with E-state index in [0.29, 0.717) is 17.6 Å². The summed E-state index contributed by atoms with van der Waals surface area (Å²) in [5, 5.41) is 9.33. The minimum atomic E-state index is 0.126. The number of benzene rings is 1. The van der Waals surface area contributed by atoms with Crippen molar-refractivity contribution in [2.24, 2.45) is 5.73 Å². The van der Waals surface area contributed by atoms with Crippen molar-refractivity contribution in [2.45, 2.75) is 39.7 Å². The molecule has 0 spiro atoms. The molecule has 19 heavy (non-hydrogen) atoms. The summed E-state index contributed by atoms with van der Waals surface area (Å²) in [5.41, 5.74) is 8.92. The zero-order valence-corrected chi connectivity index (χ0v) is 12.8. The van der Waals surface area contributed by atoms with Gasteiger partial charge in [0.1, 0.15) is 4.99 Å². The van der Waals surface area contributed by atoms with Crippen molar-refractivity contribution in [3.63, 3.8) is 0 Å². The van der Waals surface area contributed by atoms with Gasteiger partial charge in [0.15, 0.2) is 0 Å². The Hall–Kier alpha value is -1.13. The Morgan fingerprint density at radius 2 is 2.00 bits per heavy atom. The van der Waals surface area contributed by atoms with Gasteiger partial charge in [0.05, 0.1) is 6.61 Å². The molecule has 1 rings (SSSR count). The fourth-order valence-corrected chi connectivity index (χ4v) is 2.60. The van der Waals surface area contributed by atoms with Gasteiger partial charge in [-0.15, -0.1) is 0 Å². The molecule has 3 N–H and O–H groups in total. The Labute approximate surface area is 121 Å². The second-order valence-electron chi connectivity index (χ2n) is 4.77. The van der Waals surface area contributed by atoms with Crippen LogP contribution in [0.4, 0.5) is 5.69 Å². The van der Waals surface area contributed by atoms with Crippen molar-refractivity contribution >= 4 is 22.9 Å². The first-order chi connectivity index (χ1) is 9.04. The summed E-state index contributed by atoms with van der Waals surface area (Å²) in [6.45, 7) is 7.10. The number of aliphatic hydroxyl groups is 1.